The third kappa shape index (κ3) is 5.89. The molecule has 1 aromatic heterocycles. The van der Waals surface area contributed by atoms with Crippen LogP contribution in [-0.2, 0) is 5.41 Å². The first-order valence-electron chi connectivity index (χ1n) is 21.4. The highest BCUT2D eigenvalue weighted by molar-refractivity contribution is 5.89. The number of nitrogens with zero attached hydrogens (tertiary/aromatic N) is 2. The first-order chi connectivity index (χ1) is 30.7. The van der Waals surface area contributed by atoms with E-state index < -0.39 is 5.41 Å². The van der Waals surface area contributed by atoms with Crippen LogP contribution in [-0.4, -0.2) is 9.97 Å². The SMILES string of the molecule is C1=CCCC(c2cccc(-c3nc(-c4cccc(-c5ccccc5)c4)cc(-c4cccc(-c5ccc6c(c5)C5(c7ccccc7O6)c6ccccc6-c6ccccc65)c4)n3)c2)=C1. The quantitative estimate of drug-likeness (QED) is 0.168. The first kappa shape index (κ1) is 36.0. The van der Waals surface area contributed by atoms with E-state index >= 15 is 0 Å². The molecule has 0 saturated heterocycles. The minimum Gasteiger partial charge on any atom is -0.457 e. The lowest BCUT2D eigenvalue weighted by Crippen LogP contribution is -2.32. The summed E-state index contributed by atoms with van der Waals surface area (Å²) in [6.45, 7) is 0. The summed E-state index contributed by atoms with van der Waals surface area (Å²) >= 11 is 0. The zero-order chi connectivity index (χ0) is 41.0. The van der Waals surface area contributed by atoms with Crippen LogP contribution in [0, 0.1) is 0 Å². The van der Waals surface area contributed by atoms with Crippen molar-refractivity contribution >= 4 is 5.57 Å². The van der Waals surface area contributed by atoms with E-state index in [-0.39, 0.29) is 0 Å². The molecule has 3 nitrogen and oxygen atoms in total. The minimum atomic E-state index is -0.534. The molecule has 12 rings (SSSR count). The van der Waals surface area contributed by atoms with Gasteiger partial charge in [-0.2, -0.15) is 0 Å². The molecule has 292 valence electrons. The molecule has 0 saturated carbocycles. The highest BCUT2D eigenvalue weighted by atomic mass is 16.5. The van der Waals surface area contributed by atoms with Crippen LogP contribution in [0.4, 0.5) is 0 Å². The topological polar surface area (TPSA) is 35.0 Å². The third-order valence-corrected chi connectivity index (χ3v) is 12.8. The minimum absolute atomic E-state index is 0.534. The van der Waals surface area contributed by atoms with E-state index in [2.05, 4.69) is 218 Å². The molecule has 2 heterocycles. The first-order valence-corrected chi connectivity index (χ1v) is 21.4. The normalized spacial score (nSPS) is 14.0. The molecule has 0 unspecified atom stereocenters. The van der Waals surface area contributed by atoms with Gasteiger partial charge in [0.25, 0.3) is 0 Å². The fraction of sp³-hybridized carbons (Fsp3) is 0.0508. The molecular formula is C59H40N2O. The van der Waals surface area contributed by atoms with Crippen molar-refractivity contribution in [1.29, 1.82) is 0 Å². The second-order valence-electron chi connectivity index (χ2n) is 16.4. The molecule has 3 heteroatoms. The lowest BCUT2D eigenvalue weighted by molar-refractivity contribution is 0.436. The Morgan fingerprint density at radius 2 is 0.919 bits per heavy atom. The zero-order valence-corrected chi connectivity index (χ0v) is 34.0. The maximum absolute atomic E-state index is 6.75. The average Bonchev–Trinajstić information content (AvgIpc) is 3.65. The van der Waals surface area contributed by atoms with Gasteiger partial charge in [0.1, 0.15) is 11.5 Å². The number of allylic oxidation sites excluding steroid dienone is 4. The Hall–Kier alpha value is -7.88. The monoisotopic (exact) mass is 792 g/mol. The van der Waals surface area contributed by atoms with Crippen LogP contribution < -0.4 is 4.74 Å². The fourth-order valence-electron chi connectivity index (χ4n) is 9.96. The molecular weight excluding hydrogens is 753 g/mol. The van der Waals surface area contributed by atoms with Crippen LogP contribution in [0.15, 0.2) is 218 Å². The zero-order valence-electron chi connectivity index (χ0n) is 34.0. The molecule has 0 fully saturated rings. The summed E-state index contributed by atoms with van der Waals surface area (Å²) in [5.74, 6) is 2.47. The van der Waals surface area contributed by atoms with Gasteiger partial charge < -0.3 is 4.74 Å². The van der Waals surface area contributed by atoms with Crippen molar-refractivity contribution in [2.24, 2.45) is 0 Å². The maximum Gasteiger partial charge on any atom is 0.160 e. The van der Waals surface area contributed by atoms with Crippen molar-refractivity contribution in [1.82, 2.24) is 9.97 Å². The largest absolute Gasteiger partial charge is 0.457 e. The van der Waals surface area contributed by atoms with Crippen molar-refractivity contribution < 1.29 is 4.74 Å². The fourth-order valence-corrected chi connectivity index (χ4v) is 9.96. The molecule has 1 aliphatic heterocycles. The Morgan fingerprint density at radius 1 is 0.387 bits per heavy atom. The smallest absolute Gasteiger partial charge is 0.160 e. The second kappa shape index (κ2) is 14.7. The number of rotatable bonds is 6. The predicted octanol–water partition coefficient (Wildman–Crippen LogP) is 15.0. The van der Waals surface area contributed by atoms with Crippen LogP contribution in [0.5, 0.6) is 11.5 Å². The Balaban J connectivity index is 1.01. The molecule has 62 heavy (non-hydrogen) atoms. The van der Waals surface area contributed by atoms with E-state index in [1.165, 1.54) is 39.0 Å². The molecule has 2 aliphatic carbocycles. The van der Waals surface area contributed by atoms with Gasteiger partial charge in [0.2, 0.25) is 0 Å². The Labute approximate surface area is 362 Å². The number of ether oxygens (including phenoxy) is 1. The van der Waals surface area contributed by atoms with Crippen molar-refractivity contribution in [2.45, 2.75) is 18.3 Å². The summed E-state index contributed by atoms with van der Waals surface area (Å²) in [6.07, 6.45) is 8.68. The molecule has 3 aliphatic rings. The number of aromatic nitrogens is 2. The average molecular weight is 793 g/mol. The van der Waals surface area contributed by atoms with E-state index in [4.69, 9.17) is 14.7 Å². The van der Waals surface area contributed by atoms with Gasteiger partial charge in [0.15, 0.2) is 5.82 Å². The molecule has 0 atom stereocenters. The van der Waals surface area contributed by atoms with Gasteiger partial charge in [-0.25, -0.2) is 9.97 Å². The predicted molar refractivity (Wildman–Crippen MR) is 253 cm³/mol. The molecule has 0 bridgehead atoms. The van der Waals surface area contributed by atoms with Gasteiger partial charge in [-0.15, -0.1) is 0 Å². The Bertz CT molecular complexity index is 3240. The van der Waals surface area contributed by atoms with E-state index in [1.807, 2.05) is 0 Å². The van der Waals surface area contributed by atoms with Crippen LogP contribution >= 0.6 is 0 Å². The summed E-state index contributed by atoms with van der Waals surface area (Å²) in [4.78, 5) is 10.6. The van der Waals surface area contributed by atoms with Crippen molar-refractivity contribution in [3.8, 4) is 78.8 Å². The van der Waals surface area contributed by atoms with Crippen LogP contribution in [0.2, 0.25) is 0 Å². The molecule has 0 N–H and O–H groups in total. The van der Waals surface area contributed by atoms with Crippen LogP contribution in [0.25, 0.3) is 72.9 Å². The van der Waals surface area contributed by atoms with E-state index in [1.54, 1.807) is 0 Å². The second-order valence-corrected chi connectivity index (χ2v) is 16.4. The van der Waals surface area contributed by atoms with Gasteiger partial charge >= 0.3 is 0 Å². The molecule has 0 amide bonds. The highest BCUT2D eigenvalue weighted by Crippen LogP contribution is 2.62. The Morgan fingerprint density at radius 3 is 1.61 bits per heavy atom. The van der Waals surface area contributed by atoms with Crippen molar-refractivity contribution in [2.75, 3.05) is 0 Å². The lowest BCUT2D eigenvalue weighted by Gasteiger charge is -2.39. The van der Waals surface area contributed by atoms with Crippen molar-refractivity contribution in [3.63, 3.8) is 0 Å². The van der Waals surface area contributed by atoms with Gasteiger partial charge in [0, 0.05) is 27.8 Å². The maximum atomic E-state index is 6.75. The summed E-state index contributed by atoms with van der Waals surface area (Å²) in [7, 11) is 0. The third-order valence-electron chi connectivity index (χ3n) is 12.8. The molecule has 1 spiro atoms. The number of hydrogen-bond acceptors (Lipinski definition) is 3. The van der Waals surface area contributed by atoms with Crippen LogP contribution in [0.3, 0.4) is 0 Å². The standard InChI is InChI=1S/C59H40N2O/c1-3-16-39(17-4-1)41-20-13-23-45(34-41)54-38-55(61-58(60-54)47-25-15-21-42(36-47)40-18-5-2-6-19-40)46-24-14-22-43(35-46)44-32-33-57-53(37-44)59(52-30-11-12-31-56(52)62-57)50-28-9-7-26-48(50)49-27-8-10-29-51(49)59/h1-5,7-18,20-38H,6,19H2. The van der Waals surface area contributed by atoms with Gasteiger partial charge in [-0.1, -0.05) is 176 Å². The number of benzene rings is 8. The summed E-state index contributed by atoms with van der Waals surface area (Å²) in [6, 6.07) is 71.8. The van der Waals surface area contributed by atoms with E-state index in [9.17, 15) is 0 Å². The van der Waals surface area contributed by atoms with E-state index in [0.29, 0.717) is 5.82 Å². The number of fused-ring (bicyclic) bond motifs is 9. The van der Waals surface area contributed by atoms with Crippen LogP contribution in [0.1, 0.15) is 40.7 Å². The van der Waals surface area contributed by atoms with Gasteiger partial charge in [-0.05, 0) is 111 Å². The summed E-state index contributed by atoms with van der Waals surface area (Å²) in [5, 5.41) is 0. The summed E-state index contributed by atoms with van der Waals surface area (Å²) in [5.41, 5.74) is 18.7. The van der Waals surface area contributed by atoms with E-state index in [0.717, 1.165) is 80.2 Å². The molecule has 0 radical (unpaired) electrons. The molecule has 8 aromatic carbocycles. The van der Waals surface area contributed by atoms with Gasteiger partial charge in [-0.3, -0.25) is 0 Å². The lowest BCUT2D eigenvalue weighted by atomic mass is 9.66. The van der Waals surface area contributed by atoms with Crippen molar-refractivity contribution in [3.05, 3.63) is 246 Å². The number of para-hydroxylation sites is 1. The summed E-state index contributed by atoms with van der Waals surface area (Å²) < 4.78 is 6.75. The van der Waals surface area contributed by atoms with Gasteiger partial charge in [0.05, 0.1) is 16.8 Å². The number of hydrogen-bond donors (Lipinski definition) is 0. The molecule has 9 aromatic rings. The Kier molecular flexibility index (Phi) is 8.53. The highest BCUT2D eigenvalue weighted by Gasteiger charge is 2.51.